The molecule has 4 rings (SSSR count). The Labute approximate surface area is 169 Å². The van der Waals surface area contributed by atoms with Gasteiger partial charge in [-0.3, -0.25) is 0 Å². The molecular weight excluding hydrogens is 382 g/mol. The summed E-state index contributed by atoms with van der Waals surface area (Å²) in [6, 6.07) is 13.5. The second-order valence-electron chi connectivity index (χ2n) is 7.52. The number of para-hydroxylation sites is 1. The number of hydrogen-bond donors (Lipinski definition) is 1. The fourth-order valence-electron chi connectivity index (χ4n) is 3.79. The van der Waals surface area contributed by atoms with Crippen LogP contribution in [0.25, 0.3) is 0 Å². The van der Waals surface area contributed by atoms with Gasteiger partial charge in [0.2, 0.25) is 0 Å². The number of nitrogens with one attached hydrogen (secondary N) is 1. The lowest BCUT2D eigenvalue weighted by Crippen LogP contribution is -3.15. The summed E-state index contributed by atoms with van der Waals surface area (Å²) in [6.45, 7) is 7.46. The van der Waals surface area contributed by atoms with Crippen molar-refractivity contribution in [2.45, 2.75) is 42.7 Å². The van der Waals surface area contributed by atoms with Gasteiger partial charge in [0.25, 0.3) is 0 Å². The second kappa shape index (κ2) is 7.30. The molecule has 2 aliphatic rings. The molecule has 144 valence electrons. The largest absolute Gasteiger partial charge is 0.633 e. The van der Waals surface area contributed by atoms with Gasteiger partial charge >= 0.3 is 0 Å². The molecule has 0 aliphatic carbocycles. The highest BCUT2D eigenvalue weighted by atomic mass is 35.5. The molecule has 2 heterocycles. The molecule has 0 saturated carbocycles. The monoisotopic (exact) mass is 405 g/mol. The molecule has 2 aromatic rings. The lowest BCUT2D eigenvalue weighted by molar-refractivity contribution is -0.929. The van der Waals surface area contributed by atoms with E-state index in [2.05, 4.69) is 13.8 Å². The van der Waals surface area contributed by atoms with E-state index in [-0.39, 0.29) is 23.1 Å². The molecule has 0 amide bonds. The standard InChI is InChI=1S/C21H24ClNO3S/c1-13(2)21(18-6-4-5-7-19(18)26-12-16-11-25-16)23(24)14(3)17-9-8-15(22)10-20(17)27-21/h4-10,13-14,16,23H,11-12H2,1-3H3. The Hall–Kier alpha value is -1.24. The number of halogens is 1. The second-order valence-corrected chi connectivity index (χ2v) is 9.25. The first-order valence-electron chi connectivity index (χ1n) is 9.30. The SMILES string of the molecule is CC1c2ccc(Cl)cc2SC(c2ccccc2OCC2CO2)(C(C)C)[NH+]1[O-]. The molecule has 4 nitrogen and oxygen atoms in total. The molecule has 0 radical (unpaired) electrons. The van der Waals surface area contributed by atoms with E-state index in [0.717, 1.165) is 28.4 Å². The third-order valence-corrected chi connectivity index (χ3v) is 7.42. The van der Waals surface area contributed by atoms with E-state index in [9.17, 15) is 5.21 Å². The number of benzene rings is 2. The lowest BCUT2D eigenvalue weighted by atomic mass is 9.91. The number of hydrogen-bond acceptors (Lipinski definition) is 4. The molecule has 0 spiro atoms. The van der Waals surface area contributed by atoms with Crippen molar-refractivity contribution in [3.05, 3.63) is 63.8 Å². The molecule has 6 heteroatoms. The van der Waals surface area contributed by atoms with Crippen LogP contribution >= 0.6 is 23.4 Å². The van der Waals surface area contributed by atoms with E-state index in [4.69, 9.17) is 21.1 Å². The van der Waals surface area contributed by atoms with Gasteiger partial charge in [0.05, 0.1) is 12.2 Å². The van der Waals surface area contributed by atoms with Crippen LogP contribution in [0.1, 0.15) is 37.9 Å². The summed E-state index contributed by atoms with van der Waals surface area (Å²) in [6.07, 6.45) is 0.168. The van der Waals surface area contributed by atoms with Crippen LogP contribution in [0.5, 0.6) is 5.75 Å². The fourth-order valence-corrected chi connectivity index (χ4v) is 5.71. The molecule has 0 bridgehead atoms. The van der Waals surface area contributed by atoms with E-state index in [0.29, 0.717) is 11.6 Å². The lowest BCUT2D eigenvalue weighted by Gasteiger charge is -2.52. The topological polar surface area (TPSA) is 49.3 Å². The molecule has 0 aromatic heterocycles. The molecule has 27 heavy (non-hydrogen) atoms. The number of rotatable bonds is 5. The number of hydroxylamine groups is 2. The van der Waals surface area contributed by atoms with Gasteiger partial charge in [0.15, 0.2) is 4.87 Å². The molecule has 4 atom stereocenters. The van der Waals surface area contributed by atoms with E-state index in [1.165, 1.54) is 0 Å². The Bertz CT molecular complexity index is 842. The average molecular weight is 406 g/mol. The van der Waals surface area contributed by atoms with Gasteiger partial charge in [-0.1, -0.05) is 55.4 Å². The normalized spacial score (nSPS) is 29.5. The van der Waals surface area contributed by atoms with Crippen LogP contribution in [0, 0.1) is 11.1 Å². The van der Waals surface area contributed by atoms with Crippen LogP contribution in [0.4, 0.5) is 0 Å². The molecule has 2 aromatic carbocycles. The van der Waals surface area contributed by atoms with Gasteiger partial charge < -0.3 is 19.7 Å². The van der Waals surface area contributed by atoms with Gasteiger partial charge in [-0.05, 0) is 31.2 Å². The van der Waals surface area contributed by atoms with Crippen LogP contribution in [-0.4, -0.2) is 19.3 Å². The minimum Gasteiger partial charge on any atom is -0.633 e. The predicted octanol–water partition coefficient (Wildman–Crippen LogP) is 4.18. The molecule has 1 saturated heterocycles. The number of quaternary nitrogens is 1. The van der Waals surface area contributed by atoms with Crippen molar-refractivity contribution in [2.24, 2.45) is 5.92 Å². The van der Waals surface area contributed by atoms with E-state index in [1.807, 2.05) is 49.4 Å². The Morgan fingerprint density at radius 2 is 2.07 bits per heavy atom. The summed E-state index contributed by atoms with van der Waals surface area (Å²) in [5, 5.41) is 14.6. The first kappa shape index (κ1) is 19.1. The van der Waals surface area contributed by atoms with Crippen molar-refractivity contribution in [3.8, 4) is 5.75 Å². The predicted molar refractivity (Wildman–Crippen MR) is 108 cm³/mol. The molecule has 1 fully saturated rings. The van der Waals surface area contributed by atoms with Crippen molar-refractivity contribution in [2.75, 3.05) is 13.2 Å². The third-order valence-electron chi connectivity index (χ3n) is 5.40. The Balaban J connectivity index is 1.82. The first-order chi connectivity index (χ1) is 12.9. The van der Waals surface area contributed by atoms with E-state index in [1.54, 1.807) is 11.8 Å². The highest BCUT2D eigenvalue weighted by Crippen LogP contribution is 2.50. The van der Waals surface area contributed by atoms with E-state index >= 15 is 0 Å². The number of ether oxygens (including phenoxy) is 2. The number of fused-ring (bicyclic) bond motifs is 1. The highest BCUT2D eigenvalue weighted by molar-refractivity contribution is 8.00. The van der Waals surface area contributed by atoms with Crippen LogP contribution in [0.15, 0.2) is 47.4 Å². The maximum absolute atomic E-state index is 13.7. The first-order valence-corrected chi connectivity index (χ1v) is 10.5. The summed E-state index contributed by atoms with van der Waals surface area (Å²) < 4.78 is 11.3. The maximum atomic E-state index is 13.7. The average Bonchev–Trinajstić information content (AvgIpc) is 3.47. The van der Waals surface area contributed by atoms with E-state index < -0.39 is 4.87 Å². The Kier molecular flexibility index (Phi) is 5.16. The molecule has 4 unspecified atom stereocenters. The summed E-state index contributed by atoms with van der Waals surface area (Å²) in [5.74, 6) is 0.853. The van der Waals surface area contributed by atoms with Crippen molar-refractivity contribution >= 4 is 23.4 Å². The van der Waals surface area contributed by atoms with Crippen molar-refractivity contribution in [1.82, 2.24) is 0 Å². The maximum Gasteiger partial charge on any atom is 0.180 e. The fraction of sp³-hybridized carbons (Fsp3) is 0.429. The summed E-state index contributed by atoms with van der Waals surface area (Å²) in [5.41, 5.74) is 1.99. The Morgan fingerprint density at radius 3 is 2.78 bits per heavy atom. The highest BCUT2D eigenvalue weighted by Gasteiger charge is 2.51. The zero-order valence-corrected chi connectivity index (χ0v) is 17.3. The molecular formula is C21H24ClNO3S. The Morgan fingerprint density at radius 1 is 1.33 bits per heavy atom. The smallest absolute Gasteiger partial charge is 0.180 e. The van der Waals surface area contributed by atoms with Gasteiger partial charge in [-0.15, -0.1) is 0 Å². The molecule has 2 aliphatic heterocycles. The van der Waals surface area contributed by atoms with Crippen molar-refractivity contribution in [3.63, 3.8) is 0 Å². The zero-order valence-electron chi connectivity index (χ0n) is 15.7. The van der Waals surface area contributed by atoms with Crippen LogP contribution in [-0.2, 0) is 9.61 Å². The summed E-state index contributed by atoms with van der Waals surface area (Å²) in [4.78, 5) is 0.363. The van der Waals surface area contributed by atoms with Crippen molar-refractivity contribution < 1.29 is 14.5 Å². The van der Waals surface area contributed by atoms with Gasteiger partial charge in [-0.2, -0.15) is 0 Å². The summed E-state index contributed by atoms with van der Waals surface area (Å²) >= 11 is 7.88. The third kappa shape index (κ3) is 3.36. The molecule has 1 N–H and O–H groups in total. The minimum atomic E-state index is -0.710. The van der Waals surface area contributed by atoms with Crippen LogP contribution < -0.4 is 9.80 Å². The zero-order chi connectivity index (χ0) is 19.2. The van der Waals surface area contributed by atoms with Crippen LogP contribution in [0.3, 0.4) is 0 Å². The van der Waals surface area contributed by atoms with Gasteiger partial charge in [0, 0.05) is 21.4 Å². The quantitative estimate of drug-likeness (QED) is 0.599. The van der Waals surface area contributed by atoms with Crippen LogP contribution in [0.2, 0.25) is 5.02 Å². The summed E-state index contributed by atoms with van der Waals surface area (Å²) in [7, 11) is 0. The van der Waals surface area contributed by atoms with Gasteiger partial charge in [-0.25, -0.2) is 0 Å². The van der Waals surface area contributed by atoms with Gasteiger partial charge in [0.1, 0.15) is 24.5 Å². The minimum absolute atomic E-state index is 0.0894. The number of epoxide rings is 1. The van der Waals surface area contributed by atoms with Crippen molar-refractivity contribution in [1.29, 1.82) is 0 Å². The number of thioether (sulfide) groups is 1.